The number of aromatic nitrogens is 1. The zero-order valence-electron chi connectivity index (χ0n) is 15.7. The number of rotatable bonds is 6. The van der Waals surface area contributed by atoms with Crippen LogP contribution in [0, 0.1) is 0 Å². The first-order valence-corrected chi connectivity index (χ1v) is 10.7. The Labute approximate surface area is 192 Å². The van der Waals surface area contributed by atoms with Gasteiger partial charge in [0.15, 0.2) is 5.72 Å². The SMILES string of the molecule is O=C1c2cc(Br)ccc2C(OCCO)(c2ccc(Cl)cc2)N1Cc1ccc(Cl)cn1. The molecule has 0 saturated heterocycles. The zero-order valence-corrected chi connectivity index (χ0v) is 18.8. The molecule has 0 radical (unpaired) electrons. The van der Waals surface area contributed by atoms with Crippen molar-refractivity contribution in [3.05, 3.63) is 97.7 Å². The third-order valence-corrected chi connectivity index (χ3v) is 5.92. The maximum absolute atomic E-state index is 13.5. The molecular weight excluding hydrogens is 491 g/mol. The Hall–Kier alpha value is -1.96. The molecule has 0 fully saturated rings. The molecule has 1 aliphatic heterocycles. The van der Waals surface area contributed by atoms with Crippen LogP contribution >= 0.6 is 39.1 Å². The van der Waals surface area contributed by atoms with E-state index in [1.165, 1.54) is 0 Å². The average Bonchev–Trinajstić information content (AvgIpc) is 2.97. The number of hydrogen-bond acceptors (Lipinski definition) is 4. The summed E-state index contributed by atoms with van der Waals surface area (Å²) in [4.78, 5) is 19.5. The molecule has 154 valence electrons. The largest absolute Gasteiger partial charge is 0.394 e. The molecule has 1 atom stereocenters. The van der Waals surface area contributed by atoms with Crippen molar-refractivity contribution in [2.24, 2.45) is 0 Å². The molecule has 1 N–H and O–H groups in total. The first kappa shape index (κ1) is 21.3. The number of halogens is 3. The lowest BCUT2D eigenvalue weighted by Crippen LogP contribution is -2.47. The third kappa shape index (κ3) is 3.74. The van der Waals surface area contributed by atoms with Gasteiger partial charge in [-0.2, -0.15) is 0 Å². The normalized spacial score (nSPS) is 18.0. The van der Waals surface area contributed by atoms with Gasteiger partial charge in [-0.05, 0) is 36.4 Å². The van der Waals surface area contributed by atoms with E-state index in [-0.39, 0.29) is 25.7 Å². The van der Waals surface area contributed by atoms with E-state index in [9.17, 15) is 9.90 Å². The highest BCUT2D eigenvalue weighted by Gasteiger charge is 2.52. The van der Waals surface area contributed by atoms with Gasteiger partial charge in [-0.3, -0.25) is 14.7 Å². The van der Waals surface area contributed by atoms with Gasteiger partial charge in [0.1, 0.15) is 0 Å². The van der Waals surface area contributed by atoms with Crippen LogP contribution in [0.4, 0.5) is 0 Å². The predicted octanol–water partition coefficient (Wildman–Crippen LogP) is 5.02. The van der Waals surface area contributed by atoms with Crippen molar-refractivity contribution in [1.82, 2.24) is 9.88 Å². The predicted molar refractivity (Wildman–Crippen MR) is 119 cm³/mol. The lowest BCUT2D eigenvalue weighted by Gasteiger charge is -2.39. The van der Waals surface area contributed by atoms with Crippen molar-refractivity contribution < 1.29 is 14.6 Å². The van der Waals surface area contributed by atoms with Crippen LogP contribution in [0.3, 0.4) is 0 Å². The van der Waals surface area contributed by atoms with Crippen molar-refractivity contribution in [3.8, 4) is 0 Å². The van der Waals surface area contributed by atoms with E-state index in [1.807, 2.05) is 24.3 Å². The summed E-state index contributed by atoms with van der Waals surface area (Å²) < 4.78 is 7.04. The first-order chi connectivity index (χ1) is 14.5. The molecule has 1 unspecified atom stereocenters. The summed E-state index contributed by atoms with van der Waals surface area (Å²) in [5, 5.41) is 10.6. The number of aliphatic hydroxyl groups excluding tert-OH is 1. The van der Waals surface area contributed by atoms with Gasteiger partial charge in [-0.15, -0.1) is 0 Å². The van der Waals surface area contributed by atoms with Crippen LogP contribution in [0.2, 0.25) is 10.0 Å². The molecule has 0 spiro atoms. The Balaban J connectivity index is 1.91. The minimum Gasteiger partial charge on any atom is -0.394 e. The fraction of sp³-hybridized carbons (Fsp3) is 0.182. The molecule has 1 amide bonds. The number of carbonyl (C=O) groups excluding carboxylic acids is 1. The van der Waals surface area contributed by atoms with Gasteiger partial charge in [-0.1, -0.05) is 57.3 Å². The number of amides is 1. The summed E-state index contributed by atoms with van der Waals surface area (Å²) in [6.07, 6.45) is 1.54. The second kappa shape index (κ2) is 8.65. The highest BCUT2D eigenvalue weighted by Crippen LogP contribution is 2.46. The van der Waals surface area contributed by atoms with Crippen LogP contribution in [0.25, 0.3) is 0 Å². The van der Waals surface area contributed by atoms with Crippen LogP contribution < -0.4 is 0 Å². The monoisotopic (exact) mass is 506 g/mol. The van der Waals surface area contributed by atoms with Crippen molar-refractivity contribution in [2.45, 2.75) is 12.3 Å². The molecule has 5 nitrogen and oxygen atoms in total. The maximum Gasteiger partial charge on any atom is 0.257 e. The number of fused-ring (bicyclic) bond motifs is 1. The van der Waals surface area contributed by atoms with Crippen LogP contribution in [0.1, 0.15) is 27.2 Å². The number of carbonyl (C=O) groups is 1. The van der Waals surface area contributed by atoms with Crippen molar-refractivity contribution in [2.75, 3.05) is 13.2 Å². The Morgan fingerprint density at radius 3 is 2.47 bits per heavy atom. The Kier molecular flexibility index (Phi) is 6.14. The van der Waals surface area contributed by atoms with Crippen molar-refractivity contribution >= 4 is 45.0 Å². The molecule has 0 saturated carbocycles. The van der Waals surface area contributed by atoms with E-state index in [2.05, 4.69) is 20.9 Å². The highest BCUT2D eigenvalue weighted by atomic mass is 79.9. The molecule has 2 aromatic carbocycles. The minimum absolute atomic E-state index is 0.0377. The fourth-order valence-electron chi connectivity index (χ4n) is 3.69. The van der Waals surface area contributed by atoms with Gasteiger partial charge in [0.05, 0.1) is 30.5 Å². The van der Waals surface area contributed by atoms with Gasteiger partial charge < -0.3 is 9.84 Å². The quantitative estimate of drug-likeness (QED) is 0.509. The number of ether oxygens (including phenoxy) is 1. The molecule has 0 bridgehead atoms. The average molecular weight is 508 g/mol. The summed E-state index contributed by atoms with van der Waals surface area (Å²) in [5.74, 6) is -0.198. The van der Waals surface area contributed by atoms with Gasteiger partial charge in [0.2, 0.25) is 0 Å². The summed E-state index contributed by atoms with van der Waals surface area (Å²) in [6.45, 7) is 0.0364. The number of hydrogen-bond donors (Lipinski definition) is 1. The van der Waals surface area contributed by atoms with E-state index in [0.29, 0.717) is 26.9 Å². The molecule has 3 aromatic rings. The Morgan fingerprint density at radius 2 is 1.80 bits per heavy atom. The van der Waals surface area contributed by atoms with Crippen LogP contribution in [0.15, 0.2) is 65.3 Å². The first-order valence-electron chi connectivity index (χ1n) is 9.19. The van der Waals surface area contributed by atoms with Gasteiger partial charge in [0.25, 0.3) is 5.91 Å². The van der Waals surface area contributed by atoms with Crippen LogP contribution in [0.5, 0.6) is 0 Å². The number of aliphatic hydroxyl groups is 1. The van der Waals surface area contributed by atoms with Gasteiger partial charge in [0, 0.05) is 32.4 Å². The Morgan fingerprint density at radius 1 is 1.07 bits per heavy atom. The number of nitrogens with zero attached hydrogens (tertiary/aromatic N) is 2. The standard InChI is InChI=1S/C22H17BrCl2N2O3/c23-15-3-8-20-19(11-15)21(29)27(13-18-7-6-17(25)12-26-18)22(20,30-10-9-28)14-1-4-16(24)5-2-14/h1-8,11-12,28H,9-10,13H2. The summed E-state index contributed by atoms with van der Waals surface area (Å²) in [7, 11) is 0. The van der Waals surface area contributed by atoms with Crippen LogP contribution in [-0.4, -0.2) is 34.1 Å². The number of benzene rings is 2. The molecule has 30 heavy (non-hydrogen) atoms. The summed E-state index contributed by atoms with van der Waals surface area (Å²) in [6, 6.07) is 16.2. The molecule has 2 heterocycles. The third-order valence-electron chi connectivity index (χ3n) is 4.95. The molecular formula is C22H17BrCl2N2O3. The van der Waals surface area contributed by atoms with Gasteiger partial charge in [-0.25, -0.2) is 0 Å². The van der Waals surface area contributed by atoms with Crippen LogP contribution in [-0.2, 0) is 17.0 Å². The van der Waals surface area contributed by atoms with Crippen molar-refractivity contribution in [3.63, 3.8) is 0 Å². The minimum atomic E-state index is -1.23. The molecule has 8 heteroatoms. The van der Waals surface area contributed by atoms with Gasteiger partial charge >= 0.3 is 0 Å². The zero-order chi connectivity index (χ0) is 21.3. The molecule has 0 aliphatic carbocycles. The Bertz CT molecular complexity index is 1080. The second-order valence-electron chi connectivity index (χ2n) is 6.77. The van der Waals surface area contributed by atoms with E-state index in [0.717, 1.165) is 10.0 Å². The van der Waals surface area contributed by atoms with E-state index < -0.39 is 5.72 Å². The van der Waals surface area contributed by atoms with E-state index in [1.54, 1.807) is 41.4 Å². The topological polar surface area (TPSA) is 62.7 Å². The van der Waals surface area contributed by atoms with Crippen molar-refractivity contribution in [1.29, 1.82) is 0 Å². The fourth-order valence-corrected chi connectivity index (χ4v) is 4.29. The summed E-state index contributed by atoms with van der Waals surface area (Å²) in [5.41, 5.74) is 1.36. The molecule has 4 rings (SSSR count). The lowest BCUT2D eigenvalue weighted by atomic mass is 9.93. The maximum atomic E-state index is 13.5. The lowest BCUT2D eigenvalue weighted by molar-refractivity contribution is -0.119. The molecule has 1 aromatic heterocycles. The highest BCUT2D eigenvalue weighted by molar-refractivity contribution is 9.10. The van der Waals surface area contributed by atoms with E-state index in [4.69, 9.17) is 27.9 Å². The summed E-state index contributed by atoms with van der Waals surface area (Å²) >= 11 is 15.5. The number of pyridine rings is 1. The molecule has 1 aliphatic rings. The smallest absolute Gasteiger partial charge is 0.257 e. The second-order valence-corrected chi connectivity index (χ2v) is 8.56. The van der Waals surface area contributed by atoms with E-state index >= 15 is 0 Å².